The Labute approximate surface area is 103 Å². The van der Waals surface area contributed by atoms with Gasteiger partial charge in [0, 0.05) is 11.3 Å². The highest BCUT2D eigenvalue weighted by Crippen LogP contribution is 2.48. The molecule has 0 aliphatic heterocycles. The van der Waals surface area contributed by atoms with Crippen molar-refractivity contribution in [3.63, 3.8) is 0 Å². The lowest BCUT2D eigenvalue weighted by molar-refractivity contribution is -0.138. The van der Waals surface area contributed by atoms with Gasteiger partial charge in [-0.1, -0.05) is 27.2 Å². The molecule has 0 saturated heterocycles. The van der Waals surface area contributed by atoms with Crippen LogP contribution in [0.1, 0.15) is 52.9 Å². The zero-order chi connectivity index (χ0) is 12.6. The Morgan fingerprint density at radius 2 is 1.94 bits per heavy atom. The lowest BCUT2D eigenvalue weighted by atomic mass is 9.86. The van der Waals surface area contributed by atoms with Gasteiger partial charge in [0.1, 0.15) is 0 Å². The molecular weight excluding hydrogens is 214 g/mol. The molecule has 3 atom stereocenters. The monoisotopic (exact) mass is 237 g/mol. The summed E-state index contributed by atoms with van der Waals surface area (Å²) in [6.07, 6.45) is 5.40. The van der Waals surface area contributed by atoms with Crippen molar-refractivity contribution in [3.05, 3.63) is 0 Å². The smallest absolute Gasteiger partial charge is 0.232 e. The SMILES string of the molecule is CCC(C)(C)C(=O)NC(=O)C1CC2CCC1C2. The second kappa shape index (κ2) is 4.43. The lowest BCUT2D eigenvalue weighted by Gasteiger charge is -2.24. The number of rotatable bonds is 3. The lowest BCUT2D eigenvalue weighted by Crippen LogP contribution is -2.44. The van der Waals surface area contributed by atoms with Crippen LogP contribution in [-0.4, -0.2) is 11.8 Å². The summed E-state index contributed by atoms with van der Waals surface area (Å²) < 4.78 is 0. The Balaban J connectivity index is 1.92. The Kier molecular flexibility index (Phi) is 3.28. The van der Waals surface area contributed by atoms with Gasteiger partial charge in [0.15, 0.2) is 0 Å². The van der Waals surface area contributed by atoms with Crippen molar-refractivity contribution >= 4 is 11.8 Å². The van der Waals surface area contributed by atoms with Crippen LogP contribution >= 0.6 is 0 Å². The second-order valence-corrected chi connectivity index (χ2v) is 6.34. The first-order valence-electron chi connectivity index (χ1n) is 6.79. The number of carbonyl (C=O) groups excluding carboxylic acids is 2. The van der Waals surface area contributed by atoms with E-state index in [2.05, 4.69) is 5.32 Å². The van der Waals surface area contributed by atoms with E-state index in [-0.39, 0.29) is 17.7 Å². The number of nitrogens with one attached hydrogen (secondary N) is 1. The minimum Gasteiger partial charge on any atom is -0.296 e. The highest BCUT2D eigenvalue weighted by atomic mass is 16.2. The Morgan fingerprint density at radius 1 is 1.24 bits per heavy atom. The predicted molar refractivity (Wildman–Crippen MR) is 66.2 cm³/mol. The fraction of sp³-hybridized carbons (Fsp3) is 0.857. The molecule has 96 valence electrons. The molecule has 0 aromatic heterocycles. The van der Waals surface area contributed by atoms with Crippen LogP contribution in [0.3, 0.4) is 0 Å². The number of hydrogen-bond acceptors (Lipinski definition) is 2. The summed E-state index contributed by atoms with van der Waals surface area (Å²) in [4.78, 5) is 24.0. The normalized spacial score (nSPS) is 31.6. The third-order valence-corrected chi connectivity index (χ3v) is 4.81. The molecule has 3 nitrogen and oxygen atoms in total. The van der Waals surface area contributed by atoms with Gasteiger partial charge in [-0.3, -0.25) is 14.9 Å². The molecule has 0 heterocycles. The highest BCUT2D eigenvalue weighted by molar-refractivity contribution is 5.98. The van der Waals surface area contributed by atoms with Gasteiger partial charge >= 0.3 is 0 Å². The van der Waals surface area contributed by atoms with Crippen molar-refractivity contribution in [2.75, 3.05) is 0 Å². The van der Waals surface area contributed by atoms with Crippen LogP contribution in [0.4, 0.5) is 0 Å². The molecule has 2 bridgehead atoms. The van der Waals surface area contributed by atoms with Crippen molar-refractivity contribution in [1.29, 1.82) is 0 Å². The topological polar surface area (TPSA) is 46.2 Å². The van der Waals surface area contributed by atoms with Gasteiger partial charge in [0.05, 0.1) is 0 Å². The highest BCUT2D eigenvalue weighted by Gasteiger charge is 2.43. The largest absolute Gasteiger partial charge is 0.296 e. The van der Waals surface area contributed by atoms with Crippen molar-refractivity contribution < 1.29 is 9.59 Å². The van der Waals surface area contributed by atoms with E-state index in [1.54, 1.807) is 0 Å². The predicted octanol–water partition coefficient (Wildman–Crippen LogP) is 2.50. The minimum atomic E-state index is -0.437. The summed E-state index contributed by atoms with van der Waals surface area (Å²) >= 11 is 0. The molecule has 2 saturated carbocycles. The van der Waals surface area contributed by atoms with Crippen molar-refractivity contribution in [2.45, 2.75) is 52.9 Å². The van der Waals surface area contributed by atoms with Crippen LogP contribution in [0.25, 0.3) is 0 Å². The van der Waals surface area contributed by atoms with Gasteiger partial charge in [-0.25, -0.2) is 0 Å². The third kappa shape index (κ3) is 2.38. The molecule has 2 fully saturated rings. The zero-order valence-electron chi connectivity index (χ0n) is 11.1. The number of fused-ring (bicyclic) bond motifs is 2. The molecular formula is C14H23NO2. The fourth-order valence-corrected chi connectivity index (χ4v) is 3.10. The summed E-state index contributed by atoms with van der Waals surface area (Å²) in [5, 5.41) is 2.62. The van der Waals surface area contributed by atoms with E-state index in [1.807, 2.05) is 20.8 Å². The van der Waals surface area contributed by atoms with Crippen LogP contribution in [0.15, 0.2) is 0 Å². The van der Waals surface area contributed by atoms with Crippen LogP contribution in [0.5, 0.6) is 0 Å². The summed E-state index contributed by atoms with van der Waals surface area (Å²) in [6, 6.07) is 0. The standard InChI is InChI=1S/C14H23NO2/c1-4-14(2,3)13(17)15-12(16)11-8-9-5-6-10(11)7-9/h9-11H,4-8H2,1-3H3,(H,15,16,17). The van der Waals surface area contributed by atoms with Gasteiger partial charge < -0.3 is 0 Å². The molecule has 0 radical (unpaired) electrons. The Bertz CT molecular complexity index is 335. The van der Waals surface area contributed by atoms with E-state index in [0.29, 0.717) is 5.92 Å². The van der Waals surface area contributed by atoms with Crippen molar-refractivity contribution in [3.8, 4) is 0 Å². The maximum atomic E-state index is 12.1. The fourth-order valence-electron chi connectivity index (χ4n) is 3.10. The van der Waals surface area contributed by atoms with Crippen LogP contribution < -0.4 is 5.32 Å². The molecule has 3 unspecified atom stereocenters. The van der Waals surface area contributed by atoms with E-state index in [4.69, 9.17) is 0 Å². The molecule has 3 heteroatoms. The maximum absolute atomic E-state index is 12.1. The van der Waals surface area contributed by atoms with Crippen LogP contribution in [0.2, 0.25) is 0 Å². The zero-order valence-corrected chi connectivity index (χ0v) is 11.1. The van der Waals surface area contributed by atoms with Crippen LogP contribution in [-0.2, 0) is 9.59 Å². The van der Waals surface area contributed by atoms with E-state index < -0.39 is 5.41 Å². The Morgan fingerprint density at radius 3 is 2.41 bits per heavy atom. The minimum absolute atomic E-state index is 0.0243. The summed E-state index contributed by atoms with van der Waals surface area (Å²) in [6.45, 7) is 5.74. The Hall–Kier alpha value is -0.860. The first kappa shape index (κ1) is 12.6. The van der Waals surface area contributed by atoms with E-state index >= 15 is 0 Å². The number of amides is 2. The molecule has 17 heavy (non-hydrogen) atoms. The van der Waals surface area contributed by atoms with E-state index in [9.17, 15) is 9.59 Å². The summed E-state index contributed by atoms with van der Waals surface area (Å²) in [5.41, 5.74) is -0.437. The van der Waals surface area contributed by atoms with Gasteiger partial charge in [-0.2, -0.15) is 0 Å². The second-order valence-electron chi connectivity index (χ2n) is 6.34. The molecule has 2 aliphatic rings. The number of carbonyl (C=O) groups is 2. The first-order valence-corrected chi connectivity index (χ1v) is 6.79. The molecule has 0 spiro atoms. The molecule has 0 aromatic carbocycles. The average molecular weight is 237 g/mol. The molecule has 2 rings (SSSR count). The van der Waals surface area contributed by atoms with Gasteiger partial charge in [-0.15, -0.1) is 0 Å². The summed E-state index contributed by atoms with van der Waals surface area (Å²) in [7, 11) is 0. The molecule has 2 amide bonds. The van der Waals surface area contributed by atoms with Gasteiger partial charge in [-0.05, 0) is 37.5 Å². The molecule has 0 aromatic rings. The molecule has 2 aliphatic carbocycles. The summed E-state index contributed by atoms with van der Waals surface area (Å²) in [5.74, 6) is 1.24. The van der Waals surface area contributed by atoms with Crippen LogP contribution in [0, 0.1) is 23.2 Å². The van der Waals surface area contributed by atoms with Gasteiger partial charge in [0.2, 0.25) is 11.8 Å². The van der Waals surface area contributed by atoms with Crippen molar-refractivity contribution in [1.82, 2.24) is 5.32 Å². The average Bonchev–Trinajstić information content (AvgIpc) is 2.90. The third-order valence-electron chi connectivity index (χ3n) is 4.81. The molecule has 1 N–H and O–H groups in total. The number of hydrogen-bond donors (Lipinski definition) is 1. The van der Waals surface area contributed by atoms with Gasteiger partial charge in [0.25, 0.3) is 0 Å². The number of imide groups is 1. The van der Waals surface area contributed by atoms with E-state index in [1.165, 1.54) is 19.3 Å². The van der Waals surface area contributed by atoms with Crippen molar-refractivity contribution in [2.24, 2.45) is 23.2 Å². The van der Waals surface area contributed by atoms with E-state index in [0.717, 1.165) is 18.8 Å². The maximum Gasteiger partial charge on any atom is 0.232 e. The quantitative estimate of drug-likeness (QED) is 0.819. The first-order chi connectivity index (χ1) is 7.94.